The molecule has 0 spiro atoms. The number of hydrogen-bond acceptors (Lipinski definition) is 5. The van der Waals surface area contributed by atoms with Gasteiger partial charge in [0.25, 0.3) is 0 Å². The molecule has 2 heterocycles. The molecule has 0 atom stereocenters. The van der Waals surface area contributed by atoms with Crippen molar-refractivity contribution < 1.29 is 22.7 Å². The average Bonchev–Trinajstić information content (AvgIpc) is 3.12. The Morgan fingerprint density at radius 1 is 1.28 bits per heavy atom. The number of hydrogen-bond donors (Lipinski definition) is 1. The van der Waals surface area contributed by atoms with Crippen LogP contribution in [0.15, 0.2) is 41.4 Å². The van der Waals surface area contributed by atoms with Gasteiger partial charge in [0.05, 0.1) is 13.2 Å². The van der Waals surface area contributed by atoms with Gasteiger partial charge in [-0.05, 0) is 24.1 Å². The Hall–Kier alpha value is -2.16. The Bertz CT molecular complexity index is 853. The van der Waals surface area contributed by atoms with E-state index in [1.807, 2.05) is 31.2 Å². The van der Waals surface area contributed by atoms with Crippen molar-refractivity contribution >= 4 is 16.0 Å². The van der Waals surface area contributed by atoms with Gasteiger partial charge in [-0.1, -0.05) is 24.3 Å². The predicted octanol–water partition coefficient (Wildman–Crippen LogP) is 1.70. The van der Waals surface area contributed by atoms with Gasteiger partial charge in [0.15, 0.2) is 0 Å². The molecule has 0 aliphatic carbocycles. The summed E-state index contributed by atoms with van der Waals surface area (Å²) in [6.45, 7) is 3.42. The van der Waals surface area contributed by atoms with E-state index in [1.54, 1.807) is 0 Å². The summed E-state index contributed by atoms with van der Waals surface area (Å²) < 4.78 is 36.9. The number of nitrogens with zero attached hydrogens (tertiary/aromatic N) is 1. The summed E-state index contributed by atoms with van der Waals surface area (Å²) in [5.41, 5.74) is 2.04. The fourth-order valence-electron chi connectivity index (χ4n) is 2.57. The zero-order valence-corrected chi connectivity index (χ0v) is 14.7. The van der Waals surface area contributed by atoms with Gasteiger partial charge in [0, 0.05) is 19.3 Å². The second-order valence-electron chi connectivity index (χ2n) is 5.77. The van der Waals surface area contributed by atoms with E-state index in [0.29, 0.717) is 26.3 Å². The third-order valence-corrected chi connectivity index (χ3v) is 5.98. The molecule has 2 aromatic rings. The first-order chi connectivity index (χ1) is 12.0. The molecule has 3 rings (SSSR count). The molecule has 0 amide bonds. The van der Waals surface area contributed by atoms with Crippen molar-refractivity contribution in [2.24, 2.45) is 0 Å². The number of benzene rings is 1. The van der Waals surface area contributed by atoms with Gasteiger partial charge < -0.3 is 14.5 Å². The smallest absolute Gasteiger partial charge is 0.355 e. The van der Waals surface area contributed by atoms with Gasteiger partial charge in [0.1, 0.15) is 17.2 Å². The third kappa shape index (κ3) is 3.92. The van der Waals surface area contributed by atoms with E-state index in [9.17, 15) is 13.2 Å². The fraction of sp³-hybridized carbons (Fsp3) is 0.353. The molecule has 0 saturated carbocycles. The molecule has 0 bridgehead atoms. The number of carbonyl (C=O) groups is 1. The van der Waals surface area contributed by atoms with Crippen molar-refractivity contribution in [3.8, 4) is 0 Å². The molecule has 7 nitrogen and oxygen atoms in total. The summed E-state index contributed by atoms with van der Waals surface area (Å²) in [5, 5.41) is 0. The molecule has 0 radical (unpaired) electrons. The van der Waals surface area contributed by atoms with E-state index >= 15 is 0 Å². The SMILES string of the molecule is Cc1ccccc1COC(=O)c1cc(S(=O)(=O)N2CCOCC2)c[nH]1. The minimum Gasteiger partial charge on any atom is -0.456 e. The molecular formula is C17H20N2O5S. The number of morpholine rings is 1. The highest BCUT2D eigenvalue weighted by Crippen LogP contribution is 2.19. The average molecular weight is 364 g/mol. The standard InChI is InChI=1S/C17H20N2O5S/c1-13-4-2-3-5-14(13)12-24-17(20)16-10-15(11-18-16)25(21,22)19-6-8-23-9-7-19/h2-5,10-11,18H,6-9,12H2,1H3. The number of H-pyrrole nitrogens is 1. The Labute approximate surface area is 146 Å². The van der Waals surface area contributed by atoms with Gasteiger partial charge in [-0.3, -0.25) is 0 Å². The number of aromatic nitrogens is 1. The van der Waals surface area contributed by atoms with Gasteiger partial charge in [-0.15, -0.1) is 0 Å². The summed E-state index contributed by atoms with van der Waals surface area (Å²) in [6.07, 6.45) is 1.31. The molecule has 1 aliphatic rings. The number of carbonyl (C=O) groups excluding carboxylic acids is 1. The highest BCUT2D eigenvalue weighted by atomic mass is 32.2. The first kappa shape index (κ1) is 17.7. The van der Waals surface area contributed by atoms with Crippen LogP contribution in [0.3, 0.4) is 0 Å². The Morgan fingerprint density at radius 3 is 2.72 bits per heavy atom. The largest absolute Gasteiger partial charge is 0.456 e. The summed E-state index contributed by atoms with van der Waals surface area (Å²) in [5.74, 6) is -0.591. The van der Waals surface area contributed by atoms with E-state index in [2.05, 4.69) is 4.98 Å². The quantitative estimate of drug-likeness (QED) is 0.816. The Balaban J connectivity index is 1.68. The van der Waals surface area contributed by atoms with Gasteiger partial charge in [-0.2, -0.15) is 4.31 Å². The van der Waals surface area contributed by atoms with Gasteiger partial charge in [-0.25, -0.2) is 13.2 Å². The van der Waals surface area contributed by atoms with E-state index in [0.717, 1.165) is 11.1 Å². The van der Waals surface area contributed by atoms with Crippen LogP contribution in [0.2, 0.25) is 0 Å². The van der Waals surface area contributed by atoms with Crippen LogP contribution in [-0.4, -0.2) is 50.0 Å². The third-order valence-electron chi connectivity index (χ3n) is 4.10. The lowest BCUT2D eigenvalue weighted by atomic mass is 10.1. The second kappa shape index (κ2) is 7.38. The molecule has 1 N–H and O–H groups in total. The first-order valence-electron chi connectivity index (χ1n) is 7.96. The normalized spacial score (nSPS) is 15.9. The van der Waals surface area contributed by atoms with Gasteiger partial charge >= 0.3 is 5.97 Å². The topological polar surface area (TPSA) is 88.7 Å². The highest BCUT2D eigenvalue weighted by molar-refractivity contribution is 7.89. The van der Waals surface area contributed by atoms with Crippen molar-refractivity contribution in [1.82, 2.24) is 9.29 Å². The number of ether oxygens (including phenoxy) is 2. The van der Waals surface area contributed by atoms with Crippen LogP contribution >= 0.6 is 0 Å². The maximum atomic E-state index is 12.5. The molecule has 1 fully saturated rings. The van der Waals surface area contributed by atoms with Crippen LogP contribution in [0.1, 0.15) is 21.6 Å². The van der Waals surface area contributed by atoms with Crippen LogP contribution in [0.4, 0.5) is 0 Å². The second-order valence-corrected chi connectivity index (χ2v) is 7.71. The van der Waals surface area contributed by atoms with Gasteiger partial charge in [0.2, 0.25) is 10.0 Å². The van der Waals surface area contributed by atoms with E-state index in [1.165, 1.54) is 16.6 Å². The Morgan fingerprint density at radius 2 is 2.00 bits per heavy atom. The lowest BCUT2D eigenvalue weighted by Crippen LogP contribution is -2.40. The minimum absolute atomic E-state index is 0.0530. The lowest BCUT2D eigenvalue weighted by Gasteiger charge is -2.25. The summed E-state index contributed by atoms with van der Waals surface area (Å²) in [7, 11) is -3.63. The molecule has 0 unspecified atom stereocenters. The molecule has 1 aromatic heterocycles. The molecule has 134 valence electrons. The number of esters is 1. The maximum Gasteiger partial charge on any atom is 0.355 e. The minimum atomic E-state index is -3.63. The van der Waals surface area contributed by atoms with Crippen molar-refractivity contribution in [2.75, 3.05) is 26.3 Å². The highest BCUT2D eigenvalue weighted by Gasteiger charge is 2.28. The number of aryl methyl sites for hydroxylation is 1. The molecular weight excluding hydrogens is 344 g/mol. The summed E-state index contributed by atoms with van der Waals surface area (Å²) in [6, 6.07) is 8.91. The van der Waals surface area contributed by atoms with Crippen LogP contribution in [0, 0.1) is 6.92 Å². The van der Waals surface area contributed by atoms with Crippen LogP contribution < -0.4 is 0 Å². The zero-order valence-electron chi connectivity index (χ0n) is 13.9. The van der Waals surface area contributed by atoms with Crippen LogP contribution in [0.5, 0.6) is 0 Å². The fourth-order valence-corrected chi connectivity index (χ4v) is 3.97. The van der Waals surface area contributed by atoms with Crippen LogP contribution in [-0.2, 0) is 26.1 Å². The first-order valence-corrected chi connectivity index (χ1v) is 9.40. The van der Waals surface area contributed by atoms with E-state index in [4.69, 9.17) is 9.47 Å². The molecule has 1 aromatic carbocycles. The number of sulfonamides is 1. The summed E-state index contributed by atoms with van der Waals surface area (Å²) >= 11 is 0. The molecule has 1 aliphatic heterocycles. The van der Waals surface area contributed by atoms with Crippen molar-refractivity contribution in [2.45, 2.75) is 18.4 Å². The van der Waals surface area contributed by atoms with Crippen molar-refractivity contribution in [1.29, 1.82) is 0 Å². The zero-order chi connectivity index (χ0) is 17.9. The summed E-state index contributed by atoms with van der Waals surface area (Å²) in [4.78, 5) is 14.9. The van der Waals surface area contributed by atoms with Crippen molar-refractivity contribution in [3.63, 3.8) is 0 Å². The molecule has 8 heteroatoms. The monoisotopic (exact) mass is 364 g/mol. The number of aromatic amines is 1. The number of nitrogens with one attached hydrogen (secondary N) is 1. The van der Waals surface area contributed by atoms with E-state index in [-0.39, 0.29) is 17.2 Å². The molecule has 25 heavy (non-hydrogen) atoms. The number of rotatable bonds is 5. The van der Waals surface area contributed by atoms with E-state index < -0.39 is 16.0 Å². The maximum absolute atomic E-state index is 12.5. The Kier molecular flexibility index (Phi) is 5.22. The van der Waals surface area contributed by atoms with Crippen LogP contribution in [0.25, 0.3) is 0 Å². The molecule has 1 saturated heterocycles. The predicted molar refractivity (Wildman–Crippen MR) is 90.7 cm³/mol. The van der Waals surface area contributed by atoms with Crippen molar-refractivity contribution in [3.05, 3.63) is 53.3 Å². The lowest BCUT2D eigenvalue weighted by molar-refractivity contribution is 0.0466.